The molecule has 4 nitrogen and oxygen atoms in total. The quantitative estimate of drug-likeness (QED) is 0.704. The summed E-state index contributed by atoms with van der Waals surface area (Å²) in [6, 6.07) is 15.8. The summed E-state index contributed by atoms with van der Waals surface area (Å²) in [5.74, 6) is 1.37. The van der Waals surface area contributed by atoms with Crippen LogP contribution in [0, 0.1) is 6.92 Å². The van der Waals surface area contributed by atoms with Gasteiger partial charge >= 0.3 is 0 Å². The number of benzene rings is 2. The standard InChI is InChI=1S/C21H27NO3/c1-4-6-18-9-11-19(12-10-18)24-14-13-22-21(23)17(3)25-20-8-5-7-16(2)15-20/h5,7-12,15,17H,4,6,13-14H2,1-3H3,(H,22,23)/t17-/m0/s1. The Bertz CT molecular complexity index is 667. The molecule has 0 heterocycles. The molecule has 0 spiro atoms. The molecule has 2 aromatic carbocycles. The third-order valence-corrected chi connectivity index (χ3v) is 3.80. The van der Waals surface area contributed by atoms with Crippen molar-refractivity contribution in [2.75, 3.05) is 13.2 Å². The molecule has 0 aliphatic heterocycles. The van der Waals surface area contributed by atoms with Crippen LogP contribution in [0.4, 0.5) is 0 Å². The second-order valence-corrected chi connectivity index (χ2v) is 6.11. The highest BCUT2D eigenvalue weighted by Gasteiger charge is 2.14. The number of hydrogen-bond donors (Lipinski definition) is 1. The zero-order valence-corrected chi connectivity index (χ0v) is 15.2. The summed E-state index contributed by atoms with van der Waals surface area (Å²) in [4.78, 5) is 12.1. The van der Waals surface area contributed by atoms with Crippen molar-refractivity contribution in [1.29, 1.82) is 0 Å². The Morgan fingerprint density at radius 2 is 1.88 bits per heavy atom. The zero-order valence-electron chi connectivity index (χ0n) is 15.2. The van der Waals surface area contributed by atoms with Crippen molar-refractivity contribution in [2.45, 2.75) is 39.7 Å². The lowest BCUT2D eigenvalue weighted by Crippen LogP contribution is -2.38. The van der Waals surface area contributed by atoms with E-state index in [0.717, 1.165) is 24.2 Å². The van der Waals surface area contributed by atoms with E-state index >= 15 is 0 Å². The average molecular weight is 341 g/mol. The van der Waals surface area contributed by atoms with Crippen molar-refractivity contribution in [1.82, 2.24) is 5.32 Å². The van der Waals surface area contributed by atoms with Gasteiger partial charge in [0.15, 0.2) is 6.10 Å². The van der Waals surface area contributed by atoms with Gasteiger partial charge in [-0.3, -0.25) is 4.79 Å². The Labute approximate surface area is 150 Å². The Hall–Kier alpha value is -2.49. The van der Waals surface area contributed by atoms with Gasteiger partial charge in [0.25, 0.3) is 5.91 Å². The first-order valence-corrected chi connectivity index (χ1v) is 8.81. The molecule has 0 unspecified atom stereocenters. The van der Waals surface area contributed by atoms with Gasteiger partial charge in [-0.15, -0.1) is 0 Å². The third-order valence-electron chi connectivity index (χ3n) is 3.80. The Balaban J connectivity index is 1.69. The van der Waals surface area contributed by atoms with Gasteiger partial charge in [-0.25, -0.2) is 0 Å². The van der Waals surface area contributed by atoms with E-state index in [1.807, 2.05) is 43.3 Å². The second kappa shape index (κ2) is 9.72. The van der Waals surface area contributed by atoms with Gasteiger partial charge in [-0.2, -0.15) is 0 Å². The molecule has 0 saturated heterocycles. The molecule has 0 aliphatic carbocycles. The molecule has 0 aliphatic rings. The Kier molecular flexibility index (Phi) is 7.33. The maximum atomic E-state index is 12.1. The predicted molar refractivity (Wildman–Crippen MR) is 100 cm³/mol. The van der Waals surface area contributed by atoms with Crippen LogP contribution in [0.5, 0.6) is 11.5 Å². The molecule has 2 rings (SSSR count). The Morgan fingerprint density at radius 1 is 1.12 bits per heavy atom. The fraction of sp³-hybridized carbons (Fsp3) is 0.381. The van der Waals surface area contributed by atoms with Crippen molar-refractivity contribution in [3.8, 4) is 11.5 Å². The van der Waals surface area contributed by atoms with Crippen LogP contribution in [0.25, 0.3) is 0 Å². The average Bonchev–Trinajstić information content (AvgIpc) is 2.60. The van der Waals surface area contributed by atoms with Crippen LogP contribution in [0.2, 0.25) is 0 Å². The van der Waals surface area contributed by atoms with Crippen LogP contribution < -0.4 is 14.8 Å². The highest BCUT2D eigenvalue weighted by Crippen LogP contribution is 2.14. The van der Waals surface area contributed by atoms with Gasteiger partial charge in [-0.1, -0.05) is 37.6 Å². The topological polar surface area (TPSA) is 47.6 Å². The number of rotatable bonds is 9. The third kappa shape index (κ3) is 6.49. The molecule has 25 heavy (non-hydrogen) atoms. The molecule has 1 N–H and O–H groups in total. The molecule has 0 aromatic heterocycles. The van der Waals surface area contributed by atoms with E-state index < -0.39 is 6.10 Å². The number of carbonyl (C=O) groups is 1. The predicted octanol–water partition coefficient (Wildman–Crippen LogP) is 3.91. The summed E-state index contributed by atoms with van der Waals surface area (Å²) in [6.45, 7) is 6.76. The SMILES string of the molecule is CCCc1ccc(OCCNC(=O)[C@H](C)Oc2cccc(C)c2)cc1. The summed E-state index contributed by atoms with van der Waals surface area (Å²) < 4.78 is 11.3. The number of hydrogen-bond acceptors (Lipinski definition) is 3. The first kappa shape index (κ1) is 18.8. The normalized spacial score (nSPS) is 11.6. The van der Waals surface area contributed by atoms with Gasteiger partial charge in [0.2, 0.25) is 0 Å². The summed E-state index contributed by atoms with van der Waals surface area (Å²) in [7, 11) is 0. The fourth-order valence-corrected chi connectivity index (χ4v) is 2.47. The van der Waals surface area contributed by atoms with Gasteiger partial charge in [0.05, 0.1) is 6.54 Å². The van der Waals surface area contributed by atoms with Crippen molar-refractivity contribution in [2.24, 2.45) is 0 Å². The summed E-state index contributed by atoms with van der Waals surface area (Å²) in [6.07, 6.45) is 1.67. The van der Waals surface area contributed by atoms with E-state index in [9.17, 15) is 4.79 Å². The molecule has 2 aromatic rings. The number of ether oxygens (including phenoxy) is 2. The molecule has 1 amide bonds. The molecule has 0 fully saturated rings. The minimum atomic E-state index is -0.546. The van der Waals surface area contributed by atoms with Crippen molar-refractivity contribution >= 4 is 5.91 Å². The molecule has 4 heteroatoms. The minimum absolute atomic E-state index is 0.150. The lowest BCUT2D eigenvalue weighted by Gasteiger charge is -2.15. The molecular formula is C21H27NO3. The first-order chi connectivity index (χ1) is 12.1. The smallest absolute Gasteiger partial charge is 0.260 e. The van der Waals surface area contributed by atoms with Crippen LogP contribution in [0.15, 0.2) is 48.5 Å². The summed E-state index contributed by atoms with van der Waals surface area (Å²) in [5.41, 5.74) is 2.41. The monoisotopic (exact) mass is 341 g/mol. The second-order valence-electron chi connectivity index (χ2n) is 6.11. The Morgan fingerprint density at radius 3 is 2.56 bits per heavy atom. The van der Waals surface area contributed by atoms with Gasteiger partial charge < -0.3 is 14.8 Å². The number of nitrogens with one attached hydrogen (secondary N) is 1. The lowest BCUT2D eigenvalue weighted by atomic mass is 10.1. The molecule has 0 saturated carbocycles. The van der Waals surface area contributed by atoms with E-state index in [1.54, 1.807) is 6.92 Å². The van der Waals surface area contributed by atoms with Crippen molar-refractivity contribution < 1.29 is 14.3 Å². The molecular weight excluding hydrogens is 314 g/mol. The maximum absolute atomic E-state index is 12.1. The van der Waals surface area contributed by atoms with Gasteiger partial charge in [-0.05, 0) is 55.7 Å². The highest BCUT2D eigenvalue weighted by atomic mass is 16.5. The lowest BCUT2D eigenvalue weighted by molar-refractivity contribution is -0.127. The first-order valence-electron chi connectivity index (χ1n) is 8.81. The largest absolute Gasteiger partial charge is 0.492 e. The maximum Gasteiger partial charge on any atom is 0.260 e. The van der Waals surface area contributed by atoms with E-state index in [0.29, 0.717) is 18.9 Å². The van der Waals surface area contributed by atoms with E-state index in [4.69, 9.17) is 9.47 Å². The fourth-order valence-electron chi connectivity index (χ4n) is 2.47. The minimum Gasteiger partial charge on any atom is -0.492 e. The van der Waals surface area contributed by atoms with Gasteiger partial charge in [0.1, 0.15) is 18.1 Å². The van der Waals surface area contributed by atoms with Crippen molar-refractivity contribution in [3.63, 3.8) is 0 Å². The molecule has 0 radical (unpaired) electrons. The molecule has 134 valence electrons. The zero-order chi connectivity index (χ0) is 18.1. The van der Waals surface area contributed by atoms with Crippen LogP contribution in [0.1, 0.15) is 31.4 Å². The van der Waals surface area contributed by atoms with E-state index in [-0.39, 0.29) is 5.91 Å². The number of carbonyl (C=O) groups excluding carboxylic acids is 1. The highest BCUT2D eigenvalue weighted by molar-refractivity contribution is 5.80. The van der Waals surface area contributed by atoms with Gasteiger partial charge in [0, 0.05) is 0 Å². The van der Waals surface area contributed by atoms with E-state index in [2.05, 4.69) is 24.4 Å². The number of amides is 1. The molecule has 1 atom stereocenters. The van der Waals surface area contributed by atoms with Crippen LogP contribution in [-0.4, -0.2) is 25.2 Å². The molecule has 0 bridgehead atoms. The van der Waals surface area contributed by atoms with E-state index in [1.165, 1.54) is 5.56 Å². The van der Waals surface area contributed by atoms with Crippen LogP contribution in [-0.2, 0) is 11.2 Å². The van der Waals surface area contributed by atoms with Crippen LogP contribution in [0.3, 0.4) is 0 Å². The number of aryl methyl sites for hydroxylation is 2. The van der Waals surface area contributed by atoms with Crippen LogP contribution >= 0.6 is 0 Å². The summed E-state index contributed by atoms with van der Waals surface area (Å²) in [5, 5.41) is 2.83. The van der Waals surface area contributed by atoms with Crippen molar-refractivity contribution in [3.05, 3.63) is 59.7 Å². The summed E-state index contributed by atoms with van der Waals surface area (Å²) >= 11 is 0.